The van der Waals surface area contributed by atoms with Crippen molar-refractivity contribution in [2.45, 2.75) is 37.9 Å². The van der Waals surface area contributed by atoms with Gasteiger partial charge in [-0.1, -0.05) is 0 Å². The second kappa shape index (κ2) is 3.87. The molecular weight excluding hydrogens is 216 g/mol. The van der Waals surface area contributed by atoms with Crippen molar-refractivity contribution in [1.29, 1.82) is 0 Å². The van der Waals surface area contributed by atoms with Crippen LogP contribution in [-0.2, 0) is 19.4 Å². The van der Waals surface area contributed by atoms with Crippen LogP contribution in [-0.4, -0.2) is 38.4 Å². The molecular formula is C10H16O4S. The number of ether oxygens (including phenoxy) is 1. The molecule has 3 atom stereocenters. The molecule has 0 saturated carbocycles. The van der Waals surface area contributed by atoms with Gasteiger partial charge in [0.2, 0.25) is 0 Å². The Bertz CT molecular complexity index is 360. The molecule has 86 valence electrons. The van der Waals surface area contributed by atoms with Gasteiger partial charge in [0.25, 0.3) is 0 Å². The van der Waals surface area contributed by atoms with Gasteiger partial charge in [0.15, 0.2) is 0 Å². The van der Waals surface area contributed by atoms with Gasteiger partial charge in [-0.05, 0) is 19.3 Å². The van der Waals surface area contributed by atoms with E-state index in [0.29, 0.717) is 0 Å². The SMILES string of the molecule is CS(=O)(=O)CCC(=O)C1CC2CCC1O2. The molecule has 2 aliphatic heterocycles. The van der Waals surface area contributed by atoms with E-state index in [2.05, 4.69) is 0 Å². The van der Waals surface area contributed by atoms with E-state index in [9.17, 15) is 13.2 Å². The van der Waals surface area contributed by atoms with Crippen LogP contribution in [0.2, 0.25) is 0 Å². The fourth-order valence-electron chi connectivity index (χ4n) is 2.45. The van der Waals surface area contributed by atoms with Crippen molar-refractivity contribution in [3.05, 3.63) is 0 Å². The Morgan fingerprint density at radius 1 is 1.40 bits per heavy atom. The number of carbonyl (C=O) groups excluding carboxylic acids is 1. The van der Waals surface area contributed by atoms with Crippen molar-refractivity contribution in [1.82, 2.24) is 0 Å². The van der Waals surface area contributed by atoms with Crippen LogP contribution >= 0.6 is 0 Å². The van der Waals surface area contributed by atoms with Gasteiger partial charge in [0.1, 0.15) is 15.6 Å². The molecule has 0 spiro atoms. The molecule has 15 heavy (non-hydrogen) atoms. The summed E-state index contributed by atoms with van der Waals surface area (Å²) in [4.78, 5) is 11.7. The van der Waals surface area contributed by atoms with Gasteiger partial charge in [-0.2, -0.15) is 0 Å². The lowest BCUT2D eigenvalue weighted by molar-refractivity contribution is -0.123. The number of hydrogen-bond acceptors (Lipinski definition) is 4. The average Bonchev–Trinajstić information content (AvgIpc) is 2.73. The maximum atomic E-state index is 11.7. The first-order chi connectivity index (χ1) is 6.96. The summed E-state index contributed by atoms with van der Waals surface area (Å²) in [6.07, 6.45) is 4.45. The standard InChI is InChI=1S/C10H16O4S/c1-15(12,13)5-4-9(11)8-6-7-2-3-10(8)14-7/h7-8,10H,2-6H2,1H3. The molecule has 0 aromatic heterocycles. The van der Waals surface area contributed by atoms with Gasteiger partial charge in [-0.3, -0.25) is 4.79 Å². The molecule has 4 nitrogen and oxygen atoms in total. The number of ketones is 1. The summed E-state index contributed by atoms with van der Waals surface area (Å²) in [6, 6.07) is 0. The third-order valence-electron chi connectivity index (χ3n) is 3.24. The Labute approximate surface area is 89.9 Å². The van der Waals surface area contributed by atoms with Crippen LogP contribution in [0.15, 0.2) is 0 Å². The Morgan fingerprint density at radius 2 is 2.13 bits per heavy atom. The number of carbonyl (C=O) groups is 1. The van der Waals surface area contributed by atoms with Crippen molar-refractivity contribution in [3.8, 4) is 0 Å². The lowest BCUT2D eigenvalue weighted by Crippen LogP contribution is -2.26. The summed E-state index contributed by atoms with van der Waals surface area (Å²) in [5.41, 5.74) is 0. The van der Waals surface area contributed by atoms with Gasteiger partial charge in [-0.25, -0.2) is 8.42 Å². The monoisotopic (exact) mass is 232 g/mol. The summed E-state index contributed by atoms with van der Waals surface area (Å²) in [5.74, 6) is -0.00201. The predicted molar refractivity (Wildman–Crippen MR) is 55.3 cm³/mol. The minimum Gasteiger partial charge on any atom is -0.374 e. The molecule has 2 heterocycles. The predicted octanol–water partition coefficient (Wildman–Crippen LogP) is 0.558. The number of sulfone groups is 1. The smallest absolute Gasteiger partial charge is 0.147 e. The van der Waals surface area contributed by atoms with E-state index in [1.807, 2.05) is 0 Å². The largest absolute Gasteiger partial charge is 0.374 e. The molecule has 0 N–H and O–H groups in total. The zero-order valence-corrected chi connectivity index (χ0v) is 9.63. The molecule has 0 radical (unpaired) electrons. The highest BCUT2D eigenvalue weighted by Crippen LogP contribution is 2.39. The maximum Gasteiger partial charge on any atom is 0.147 e. The second-order valence-corrected chi connectivity index (χ2v) is 6.82. The third-order valence-corrected chi connectivity index (χ3v) is 4.18. The Balaban J connectivity index is 1.87. The van der Waals surface area contributed by atoms with Crippen LogP contribution in [0.3, 0.4) is 0 Å². The highest BCUT2D eigenvalue weighted by atomic mass is 32.2. The average molecular weight is 232 g/mol. The van der Waals surface area contributed by atoms with E-state index in [1.165, 1.54) is 0 Å². The van der Waals surface area contributed by atoms with Gasteiger partial charge in [-0.15, -0.1) is 0 Å². The number of rotatable bonds is 4. The summed E-state index contributed by atoms with van der Waals surface area (Å²) in [6.45, 7) is 0. The van der Waals surface area contributed by atoms with Crippen LogP contribution in [0.4, 0.5) is 0 Å². The molecule has 0 aromatic rings. The van der Waals surface area contributed by atoms with Crippen molar-refractivity contribution in [2.75, 3.05) is 12.0 Å². The van der Waals surface area contributed by atoms with Crippen LogP contribution in [0.25, 0.3) is 0 Å². The summed E-state index contributed by atoms with van der Waals surface area (Å²) >= 11 is 0. The Hall–Kier alpha value is -0.420. The topological polar surface area (TPSA) is 60.4 Å². The van der Waals surface area contributed by atoms with Crippen LogP contribution in [0, 0.1) is 5.92 Å². The van der Waals surface area contributed by atoms with Crippen molar-refractivity contribution >= 4 is 15.6 Å². The molecule has 2 saturated heterocycles. The molecule has 0 aromatic carbocycles. The minimum absolute atomic E-state index is 0.0281. The summed E-state index contributed by atoms with van der Waals surface area (Å²) in [5, 5.41) is 0. The molecule has 2 fully saturated rings. The van der Waals surface area contributed by atoms with Crippen LogP contribution in [0.5, 0.6) is 0 Å². The molecule has 0 aliphatic carbocycles. The first-order valence-corrected chi connectivity index (χ1v) is 7.37. The molecule has 2 bridgehead atoms. The summed E-state index contributed by atoms with van der Waals surface area (Å²) in [7, 11) is -3.02. The van der Waals surface area contributed by atoms with Gasteiger partial charge < -0.3 is 4.74 Å². The van der Waals surface area contributed by atoms with E-state index in [4.69, 9.17) is 4.74 Å². The molecule has 3 unspecified atom stereocenters. The second-order valence-electron chi connectivity index (χ2n) is 4.56. The molecule has 2 rings (SSSR count). The fraction of sp³-hybridized carbons (Fsp3) is 0.900. The zero-order valence-electron chi connectivity index (χ0n) is 8.81. The van der Waals surface area contributed by atoms with Crippen molar-refractivity contribution in [2.24, 2.45) is 5.92 Å². The zero-order chi connectivity index (χ0) is 11.1. The first kappa shape index (κ1) is 11.1. The first-order valence-electron chi connectivity index (χ1n) is 5.31. The minimum atomic E-state index is -3.02. The number of Topliss-reactive ketones (excluding diaryl/α,β-unsaturated/α-hetero) is 1. The molecule has 5 heteroatoms. The normalized spacial score (nSPS) is 34.6. The van der Waals surface area contributed by atoms with E-state index in [-0.39, 0.29) is 36.1 Å². The van der Waals surface area contributed by atoms with Gasteiger partial charge in [0.05, 0.1) is 18.0 Å². The van der Waals surface area contributed by atoms with Gasteiger partial charge in [0, 0.05) is 18.6 Å². The lowest BCUT2D eigenvalue weighted by atomic mass is 9.85. The van der Waals surface area contributed by atoms with Crippen LogP contribution < -0.4 is 0 Å². The molecule has 0 amide bonds. The number of fused-ring (bicyclic) bond motifs is 2. The Kier molecular flexibility index (Phi) is 2.85. The van der Waals surface area contributed by atoms with E-state index >= 15 is 0 Å². The highest BCUT2D eigenvalue weighted by Gasteiger charge is 2.43. The van der Waals surface area contributed by atoms with Crippen molar-refractivity contribution in [3.63, 3.8) is 0 Å². The highest BCUT2D eigenvalue weighted by molar-refractivity contribution is 7.90. The molecule has 2 aliphatic rings. The number of hydrogen-bond donors (Lipinski definition) is 0. The Morgan fingerprint density at radius 3 is 2.60 bits per heavy atom. The van der Waals surface area contributed by atoms with E-state index in [0.717, 1.165) is 25.5 Å². The maximum absolute atomic E-state index is 11.7. The quantitative estimate of drug-likeness (QED) is 0.710. The third kappa shape index (κ3) is 2.58. The van der Waals surface area contributed by atoms with Gasteiger partial charge >= 0.3 is 0 Å². The van der Waals surface area contributed by atoms with Crippen LogP contribution in [0.1, 0.15) is 25.7 Å². The fourth-order valence-corrected chi connectivity index (χ4v) is 3.02. The van der Waals surface area contributed by atoms with Crippen molar-refractivity contribution < 1.29 is 17.9 Å². The van der Waals surface area contributed by atoms with E-state index in [1.54, 1.807) is 0 Å². The van der Waals surface area contributed by atoms with E-state index < -0.39 is 9.84 Å². The summed E-state index contributed by atoms with van der Waals surface area (Å²) < 4.78 is 27.4. The lowest BCUT2D eigenvalue weighted by Gasteiger charge is -2.16.